The van der Waals surface area contributed by atoms with Crippen molar-refractivity contribution >= 4 is 21.6 Å². The fourth-order valence-electron chi connectivity index (χ4n) is 4.34. The maximum Gasteiger partial charge on any atom is 0.251 e. The van der Waals surface area contributed by atoms with Gasteiger partial charge >= 0.3 is 0 Å². The number of carbonyl (C=O) groups is 1. The van der Waals surface area contributed by atoms with Crippen LogP contribution in [0, 0.1) is 0 Å². The highest BCUT2D eigenvalue weighted by Crippen LogP contribution is 2.27. The molecule has 2 heterocycles. The average Bonchev–Trinajstić information content (AvgIpc) is 3.44. The first-order valence-electron chi connectivity index (χ1n) is 10.7. The summed E-state index contributed by atoms with van der Waals surface area (Å²) < 4.78 is 30.9. The van der Waals surface area contributed by atoms with Gasteiger partial charge in [-0.15, -0.1) is 0 Å². The van der Waals surface area contributed by atoms with Gasteiger partial charge in [-0.1, -0.05) is 12.1 Å². The van der Waals surface area contributed by atoms with E-state index < -0.39 is 10.0 Å². The number of amides is 1. The molecule has 0 aromatic heterocycles. The highest BCUT2D eigenvalue weighted by molar-refractivity contribution is 7.93. The molecular weight excluding hydrogens is 414 g/mol. The molecule has 0 aliphatic carbocycles. The number of nitrogens with one attached hydrogen (secondary N) is 1. The van der Waals surface area contributed by atoms with Crippen LogP contribution in [0.3, 0.4) is 0 Å². The second kappa shape index (κ2) is 9.28. The molecule has 2 saturated heterocycles. The predicted octanol–water partition coefficient (Wildman–Crippen LogP) is 2.80. The van der Waals surface area contributed by atoms with E-state index in [-0.39, 0.29) is 17.7 Å². The average molecular weight is 444 g/mol. The summed E-state index contributed by atoms with van der Waals surface area (Å²) >= 11 is 0. The number of hydrogen-bond acceptors (Lipinski definition) is 5. The number of sulfonamides is 1. The first-order valence-corrected chi connectivity index (χ1v) is 12.4. The van der Waals surface area contributed by atoms with E-state index in [4.69, 9.17) is 4.74 Å². The monoisotopic (exact) mass is 443 g/mol. The van der Waals surface area contributed by atoms with E-state index in [2.05, 4.69) is 22.3 Å². The minimum Gasteiger partial charge on any atom is -0.497 e. The van der Waals surface area contributed by atoms with Crippen LogP contribution in [0.15, 0.2) is 48.5 Å². The van der Waals surface area contributed by atoms with Crippen molar-refractivity contribution < 1.29 is 17.9 Å². The Bertz CT molecular complexity index is 1000. The summed E-state index contributed by atoms with van der Waals surface area (Å²) in [5.74, 6) is 0.833. The van der Waals surface area contributed by atoms with E-state index in [0.29, 0.717) is 30.8 Å². The fourth-order valence-corrected chi connectivity index (χ4v) is 5.90. The minimum atomic E-state index is -3.22. The lowest BCUT2D eigenvalue weighted by atomic mass is 10.0. The van der Waals surface area contributed by atoms with Crippen molar-refractivity contribution in [3.8, 4) is 5.75 Å². The lowest BCUT2D eigenvalue weighted by Crippen LogP contribution is -2.36. The predicted molar refractivity (Wildman–Crippen MR) is 121 cm³/mol. The van der Waals surface area contributed by atoms with Crippen LogP contribution in [0.5, 0.6) is 5.75 Å². The van der Waals surface area contributed by atoms with E-state index in [1.807, 2.05) is 12.1 Å². The first-order chi connectivity index (χ1) is 15.0. The minimum absolute atomic E-state index is 0.103. The molecule has 0 unspecified atom stereocenters. The topological polar surface area (TPSA) is 79.0 Å². The number of carbonyl (C=O) groups excluding carboxylic acids is 1. The van der Waals surface area contributed by atoms with Gasteiger partial charge in [0.25, 0.3) is 5.91 Å². The lowest BCUT2D eigenvalue weighted by molar-refractivity contribution is 0.0938. The standard InChI is InChI=1S/C23H29N3O4S/c1-30-21-11-7-18(8-12-21)22(25-13-2-3-14-25)17-24-23(27)19-5-9-20(10-6-19)26-15-4-16-31(26,28)29/h5-12,22H,2-4,13-17H2,1H3,(H,24,27)/t22-/m0/s1. The SMILES string of the molecule is COc1ccc([C@H](CNC(=O)c2ccc(N3CCCS3(=O)=O)cc2)N2CCCC2)cc1. The number of benzene rings is 2. The summed E-state index contributed by atoms with van der Waals surface area (Å²) in [5, 5.41) is 3.06. The highest BCUT2D eigenvalue weighted by atomic mass is 32.2. The van der Waals surface area contributed by atoms with Crippen LogP contribution >= 0.6 is 0 Å². The van der Waals surface area contributed by atoms with Crippen LogP contribution in [-0.2, 0) is 10.0 Å². The molecule has 0 radical (unpaired) electrons. The van der Waals surface area contributed by atoms with Crippen molar-refractivity contribution in [2.75, 3.05) is 43.3 Å². The molecule has 1 N–H and O–H groups in total. The summed E-state index contributed by atoms with van der Waals surface area (Å²) in [7, 11) is -1.57. The molecule has 2 fully saturated rings. The first kappa shape index (κ1) is 21.6. The molecule has 2 aromatic rings. The Kier molecular flexibility index (Phi) is 6.48. The summed E-state index contributed by atoms with van der Waals surface area (Å²) in [6.07, 6.45) is 2.97. The van der Waals surface area contributed by atoms with E-state index in [1.54, 1.807) is 31.4 Å². The summed E-state index contributed by atoms with van der Waals surface area (Å²) in [6, 6.07) is 14.9. The Balaban J connectivity index is 1.43. The molecule has 31 heavy (non-hydrogen) atoms. The molecule has 2 aliphatic heterocycles. The number of hydrogen-bond donors (Lipinski definition) is 1. The third-order valence-corrected chi connectivity index (χ3v) is 7.92. The van der Waals surface area contributed by atoms with Gasteiger partial charge in [0, 0.05) is 18.7 Å². The molecule has 0 saturated carbocycles. The lowest BCUT2D eigenvalue weighted by Gasteiger charge is -2.28. The van der Waals surface area contributed by atoms with Crippen LogP contribution in [0.4, 0.5) is 5.69 Å². The number of nitrogens with zero attached hydrogens (tertiary/aromatic N) is 2. The number of anilines is 1. The zero-order valence-corrected chi connectivity index (χ0v) is 18.6. The van der Waals surface area contributed by atoms with Gasteiger partial charge in [-0.2, -0.15) is 0 Å². The van der Waals surface area contributed by atoms with E-state index in [0.717, 1.165) is 24.4 Å². The molecule has 0 bridgehead atoms. The summed E-state index contributed by atoms with van der Waals surface area (Å²) in [5.41, 5.74) is 2.29. The van der Waals surface area contributed by atoms with Gasteiger partial charge in [0.15, 0.2) is 0 Å². The zero-order chi connectivity index (χ0) is 21.8. The van der Waals surface area contributed by atoms with Gasteiger partial charge in [0.05, 0.1) is 24.6 Å². The molecule has 7 nitrogen and oxygen atoms in total. The fraction of sp³-hybridized carbons (Fsp3) is 0.435. The Morgan fingerprint density at radius 2 is 1.68 bits per heavy atom. The van der Waals surface area contributed by atoms with Crippen molar-refractivity contribution in [3.63, 3.8) is 0 Å². The van der Waals surface area contributed by atoms with Crippen LogP contribution in [0.2, 0.25) is 0 Å². The van der Waals surface area contributed by atoms with Gasteiger partial charge in [-0.3, -0.25) is 14.0 Å². The molecule has 2 aromatic carbocycles. The molecule has 166 valence electrons. The molecular formula is C23H29N3O4S. The van der Waals surface area contributed by atoms with Gasteiger partial charge in [-0.05, 0) is 74.3 Å². The van der Waals surface area contributed by atoms with Gasteiger partial charge in [0.2, 0.25) is 10.0 Å². The Morgan fingerprint density at radius 3 is 2.26 bits per heavy atom. The van der Waals surface area contributed by atoms with Crippen molar-refractivity contribution in [2.24, 2.45) is 0 Å². The molecule has 1 amide bonds. The number of likely N-dealkylation sites (tertiary alicyclic amines) is 1. The van der Waals surface area contributed by atoms with Crippen LogP contribution in [0.25, 0.3) is 0 Å². The second-order valence-corrected chi connectivity index (χ2v) is 10.0. The Hall–Kier alpha value is -2.58. The van der Waals surface area contributed by atoms with Crippen molar-refractivity contribution in [1.82, 2.24) is 10.2 Å². The molecule has 4 rings (SSSR count). The third kappa shape index (κ3) is 4.85. The van der Waals surface area contributed by atoms with Gasteiger partial charge in [0.1, 0.15) is 5.75 Å². The summed E-state index contributed by atoms with van der Waals surface area (Å²) in [4.78, 5) is 15.2. The van der Waals surface area contributed by atoms with Crippen LogP contribution < -0.4 is 14.4 Å². The van der Waals surface area contributed by atoms with Gasteiger partial charge < -0.3 is 10.1 Å². The Labute approximate surface area is 184 Å². The highest BCUT2D eigenvalue weighted by Gasteiger charge is 2.28. The van der Waals surface area contributed by atoms with E-state index >= 15 is 0 Å². The summed E-state index contributed by atoms with van der Waals surface area (Å²) in [6.45, 7) is 3.04. The smallest absolute Gasteiger partial charge is 0.251 e. The molecule has 8 heteroatoms. The largest absolute Gasteiger partial charge is 0.497 e. The van der Waals surface area contributed by atoms with E-state index in [1.165, 1.54) is 17.1 Å². The van der Waals surface area contributed by atoms with Crippen molar-refractivity contribution in [1.29, 1.82) is 0 Å². The van der Waals surface area contributed by atoms with Crippen LogP contribution in [0.1, 0.15) is 41.2 Å². The second-order valence-electron chi connectivity index (χ2n) is 8.03. The number of rotatable bonds is 7. The quantitative estimate of drug-likeness (QED) is 0.712. The normalized spacial score (nSPS) is 19.3. The third-order valence-electron chi connectivity index (χ3n) is 6.05. The number of ether oxygens (including phenoxy) is 1. The zero-order valence-electron chi connectivity index (χ0n) is 17.8. The number of methoxy groups -OCH3 is 1. The maximum atomic E-state index is 12.8. The van der Waals surface area contributed by atoms with Crippen LogP contribution in [-0.4, -0.2) is 58.3 Å². The maximum absolute atomic E-state index is 12.8. The van der Waals surface area contributed by atoms with Crippen molar-refractivity contribution in [3.05, 3.63) is 59.7 Å². The molecule has 2 aliphatic rings. The van der Waals surface area contributed by atoms with Crippen molar-refractivity contribution in [2.45, 2.75) is 25.3 Å². The molecule has 1 atom stereocenters. The van der Waals surface area contributed by atoms with E-state index in [9.17, 15) is 13.2 Å². The van der Waals surface area contributed by atoms with Gasteiger partial charge in [-0.25, -0.2) is 8.42 Å². The molecule has 0 spiro atoms. The Morgan fingerprint density at radius 1 is 1.00 bits per heavy atom.